The van der Waals surface area contributed by atoms with E-state index in [4.69, 9.17) is 16.0 Å². The van der Waals surface area contributed by atoms with Crippen molar-refractivity contribution in [3.63, 3.8) is 0 Å². The second-order valence-corrected chi connectivity index (χ2v) is 9.30. The zero-order chi connectivity index (χ0) is 20.1. The van der Waals surface area contributed by atoms with E-state index >= 15 is 0 Å². The molecule has 1 N–H and O–H groups in total. The van der Waals surface area contributed by atoms with E-state index in [0.717, 1.165) is 25.9 Å². The highest BCUT2D eigenvalue weighted by molar-refractivity contribution is 6.34. The molecular formula is C20H26ClFN4O2. The maximum absolute atomic E-state index is 13.5. The van der Waals surface area contributed by atoms with Crippen LogP contribution in [0, 0.1) is 5.82 Å². The maximum Gasteiger partial charge on any atom is 0.234 e. The summed E-state index contributed by atoms with van der Waals surface area (Å²) in [7, 11) is 0. The first-order chi connectivity index (χ1) is 13.2. The van der Waals surface area contributed by atoms with Crippen LogP contribution in [0.4, 0.5) is 4.39 Å². The van der Waals surface area contributed by atoms with E-state index in [2.05, 4.69) is 20.1 Å². The molecule has 1 aromatic carbocycles. The van der Waals surface area contributed by atoms with Crippen molar-refractivity contribution in [2.75, 3.05) is 19.6 Å². The summed E-state index contributed by atoms with van der Waals surface area (Å²) >= 11 is 6.06. The third-order valence-corrected chi connectivity index (χ3v) is 5.64. The number of aromatic nitrogens is 1. The van der Waals surface area contributed by atoms with Crippen molar-refractivity contribution in [1.29, 1.82) is 0 Å². The number of halogens is 2. The Bertz CT molecular complexity index is 880. The Kier molecular flexibility index (Phi) is 5.10. The average molecular weight is 409 g/mol. The topological polar surface area (TPSA) is 61.6 Å². The van der Waals surface area contributed by atoms with Gasteiger partial charge >= 0.3 is 0 Å². The molecule has 2 bridgehead atoms. The summed E-state index contributed by atoms with van der Waals surface area (Å²) in [5.41, 5.74) is 0.657. The first-order valence-corrected chi connectivity index (χ1v) is 10.1. The molecule has 0 saturated carbocycles. The number of carbonyl (C=O) groups is 1. The Labute approximate surface area is 169 Å². The molecule has 2 atom stereocenters. The molecule has 3 heterocycles. The summed E-state index contributed by atoms with van der Waals surface area (Å²) in [5, 5.41) is 3.29. The molecule has 2 aliphatic heterocycles. The van der Waals surface area contributed by atoms with E-state index in [0.29, 0.717) is 42.2 Å². The van der Waals surface area contributed by atoms with Crippen LogP contribution in [0.25, 0.3) is 11.1 Å². The Morgan fingerprint density at radius 1 is 1.32 bits per heavy atom. The number of piperazine rings is 1. The van der Waals surface area contributed by atoms with Crippen LogP contribution in [0.3, 0.4) is 0 Å². The second-order valence-electron chi connectivity index (χ2n) is 8.89. The van der Waals surface area contributed by atoms with Crippen LogP contribution in [0.1, 0.15) is 39.5 Å². The predicted molar refractivity (Wildman–Crippen MR) is 106 cm³/mol. The smallest absolute Gasteiger partial charge is 0.234 e. The fourth-order valence-corrected chi connectivity index (χ4v) is 4.59. The minimum atomic E-state index is -0.419. The van der Waals surface area contributed by atoms with Gasteiger partial charge in [-0.05, 0) is 39.7 Å². The van der Waals surface area contributed by atoms with Gasteiger partial charge in [0.15, 0.2) is 5.58 Å². The lowest BCUT2D eigenvalue weighted by atomic mass is 10.1. The van der Waals surface area contributed by atoms with Crippen molar-refractivity contribution in [1.82, 2.24) is 20.1 Å². The van der Waals surface area contributed by atoms with Gasteiger partial charge in [-0.15, -0.1) is 0 Å². The SMILES string of the molecule is CC(C)(C)NC(=O)CN1C2CCC1CN(Cc1nc3cc(F)cc(Cl)c3o1)C2. The monoisotopic (exact) mass is 408 g/mol. The second kappa shape index (κ2) is 7.28. The Morgan fingerprint density at radius 2 is 2.00 bits per heavy atom. The number of oxazole rings is 1. The van der Waals surface area contributed by atoms with Gasteiger partial charge in [-0.3, -0.25) is 14.6 Å². The lowest BCUT2D eigenvalue weighted by Gasteiger charge is -2.40. The maximum atomic E-state index is 13.5. The lowest BCUT2D eigenvalue weighted by Crippen LogP contribution is -2.56. The third-order valence-electron chi connectivity index (χ3n) is 5.36. The fourth-order valence-electron chi connectivity index (χ4n) is 4.35. The first-order valence-electron chi connectivity index (χ1n) is 9.71. The molecule has 1 aromatic heterocycles. The van der Waals surface area contributed by atoms with E-state index in [1.54, 1.807) is 0 Å². The number of benzene rings is 1. The van der Waals surface area contributed by atoms with Crippen molar-refractivity contribution in [2.45, 2.75) is 57.8 Å². The highest BCUT2D eigenvalue weighted by Crippen LogP contribution is 2.31. The van der Waals surface area contributed by atoms with Crippen molar-refractivity contribution < 1.29 is 13.6 Å². The zero-order valence-corrected chi connectivity index (χ0v) is 17.2. The third kappa shape index (κ3) is 4.16. The predicted octanol–water partition coefficient (Wildman–Crippen LogP) is 3.18. The Morgan fingerprint density at radius 3 is 2.64 bits per heavy atom. The number of hydrogen-bond donors (Lipinski definition) is 1. The van der Waals surface area contributed by atoms with Crippen molar-refractivity contribution in [2.24, 2.45) is 0 Å². The van der Waals surface area contributed by atoms with Gasteiger partial charge in [-0.25, -0.2) is 9.37 Å². The summed E-state index contributed by atoms with van der Waals surface area (Å²) < 4.78 is 19.3. The largest absolute Gasteiger partial charge is 0.438 e. The number of nitrogens with one attached hydrogen (secondary N) is 1. The zero-order valence-electron chi connectivity index (χ0n) is 16.5. The molecule has 2 fully saturated rings. The fraction of sp³-hybridized carbons (Fsp3) is 0.600. The molecule has 6 nitrogen and oxygen atoms in total. The van der Waals surface area contributed by atoms with Crippen LogP contribution in [0.2, 0.25) is 5.02 Å². The molecule has 0 radical (unpaired) electrons. The number of hydrogen-bond acceptors (Lipinski definition) is 5. The van der Waals surface area contributed by atoms with E-state index in [1.807, 2.05) is 20.8 Å². The van der Waals surface area contributed by atoms with Gasteiger partial charge in [-0.1, -0.05) is 11.6 Å². The molecule has 2 aliphatic rings. The number of fused-ring (bicyclic) bond motifs is 3. The summed E-state index contributed by atoms with van der Waals surface area (Å²) in [5.74, 6) is 0.201. The number of likely N-dealkylation sites (tertiary alicyclic amines) is 1. The normalized spacial score (nSPS) is 23.5. The van der Waals surface area contributed by atoms with Gasteiger partial charge in [0, 0.05) is 36.8 Å². The van der Waals surface area contributed by atoms with Crippen LogP contribution in [0.15, 0.2) is 16.5 Å². The van der Waals surface area contributed by atoms with Crippen LogP contribution in [0.5, 0.6) is 0 Å². The minimum Gasteiger partial charge on any atom is -0.438 e. The summed E-state index contributed by atoms with van der Waals surface area (Å²) in [6.07, 6.45) is 2.18. The summed E-state index contributed by atoms with van der Waals surface area (Å²) in [6.45, 7) is 8.71. The van der Waals surface area contributed by atoms with Gasteiger partial charge in [0.1, 0.15) is 11.3 Å². The molecule has 28 heavy (non-hydrogen) atoms. The number of nitrogens with zero attached hydrogens (tertiary/aromatic N) is 3. The number of rotatable bonds is 4. The molecule has 4 rings (SSSR count). The van der Waals surface area contributed by atoms with E-state index in [9.17, 15) is 9.18 Å². The standard InChI is InChI=1S/C20H26ClFN4O2/c1-20(2,3)24-17(27)10-26-13-4-5-14(26)9-25(8-13)11-18-23-16-7-12(22)6-15(21)19(16)28-18/h6-7,13-14H,4-5,8-11H2,1-3H3,(H,24,27). The van der Waals surface area contributed by atoms with Crippen LogP contribution in [-0.4, -0.2) is 57.9 Å². The minimum absolute atomic E-state index is 0.0773. The molecule has 0 aliphatic carbocycles. The molecular weight excluding hydrogens is 383 g/mol. The Balaban J connectivity index is 1.41. The molecule has 1 amide bonds. The molecule has 0 spiro atoms. The lowest BCUT2D eigenvalue weighted by molar-refractivity contribution is -0.125. The highest BCUT2D eigenvalue weighted by atomic mass is 35.5. The van der Waals surface area contributed by atoms with Gasteiger partial charge in [0.2, 0.25) is 11.8 Å². The number of carbonyl (C=O) groups excluding carboxylic acids is 1. The molecule has 2 saturated heterocycles. The highest BCUT2D eigenvalue weighted by Gasteiger charge is 2.41. The Hall–Kier alpha value is -1.70. The van der Waals surface area contributed by atoms with Crippen LogP contribution in [-0.2, 0) is 11.3 Å². The first kappa shape index (κ1) is 19.6. The molecule has 2 unspecified atom stereocenters. The van der Waals surface area contributed by atoms with Gasteiger partial charge in [-0.2, -0.15) is 0 Å². The average Bonchev–Trinajstić information content (AvgIpc) is 3.04. The van der Waals surface area contributed by atoms with Crippen molar-refractivity contribution in [3.05, 3.63) is 28.9 Å². The van der Waals surface area contributed by atoms with E-state index in [-0.39, 0.29) is 16.5 Å². The molecule has 2 aromatic rings. The molecule has 8 heteroatoms. The molecule has 152 valence electrons. The number of amides is 1. The quantitative estimate of drug-likeness (QED) is 0.841. The van der Waals surface area contributed by atoms with Crippen molar-refractivity contribution in [3.8, 4) is 0 Å². The van der Waals surface area contributed by atoms with E-state index < -0.39 is 5.82 Å². The van der Waals surface area contributed by atoms with Crippen LogP contribution < -0.4 is 5.32 Å². The van der Waals surface area contributed by atoms with Crippen LogP contribution >= 0.6 is 11.6 Å². The van der Waals surface area contributed by atoms with Crippen molar-refractivity contribution >= 4 is 28.6 Å². The summed E-state index contributed by atoms with van der Waals surface area (Å²) in [4.78, 5) is 21.4. The van der Waals surface area contributed by atoms with Gasteiger partial charge < -0.3 is 9.73 Å². The van der Waals surface area contributed by atoms with Gasteiger partial charge in [0.25, 0.3) is 0 Å². The van der Waals surface area contributed by atoms with Gasteiger partial charge in [0.05, 0.1) is 18.1 Å². The van der Waals surface area contributed by atoms with E-state index in [1.165, 1.54) is 12.1 Å². The summed E-state index contributed by atoms with van der Waals surface area (Å²) in [6, 6.07) is 3.29.